The van der Waals surface area contributed by atoms with Gasteiger partial charge in [-0.1, -0.05) is 23.4 Å². The van der Waals surface area contributed by atoms with Crippen molar-refractivity contribution in [3.05, 3.63) is 41.5 Å². The fourth-order valence-corrected chi connectivity index (χ4v) is 2.99. The van der Waals surface area contributed by atoms with Crippen LogP contribution in [-0.2, 0) is 6.54 Å². The highest BCUT2D eigenvalue weighted by molar-refractivity contribution is 5.33. The standard InChI is InChI=1S/C16H18F3N3O2/c1-11-20-15(21-24-11)13-6-4-8-22(10-13)9-12-5-2-3-7-14(12)23-16(17,18)19/h2-3,5,7,13H,4,6,8-10H2,1H3/t13-/m0/s1. The van der Waals surface area contributed by atoms with Crippen molar-refractivity contribution in [2.75, 3.05) is 13.1 Å². The number of alkyl halides is 3. The van der Waals surface area contributed by atoms with E-state index in [2.05, 4.69) is 19.8 Å². The van der Waals surface area contributed by atoms with Crippen LogP contribution in [0, 0.1) is 6.92 Å². The van der Waals surface area contributed by atoms with E-state index in [4.69, 9.17) is 4.52 Å². The highest BCUT2D eigenvalue weighted by Gasteiger charge is 2.32. The molecule has 2 aromatic rings. The van der Waals surface area contributed by atoms with Crippen molar-refractivity contribution in [2.45, 2.75) is 38.6 Å². The predicted molar refractivity (Wildman–Crippen MR) is 79.4 cm³/mol. The fourth-order valence-electron chi connectivity index (χ4n) is 2.99. The van der Waals surface area contributed by atoms with Crippen LogP contribution in [0.4, 0.5) is 13.2 Å². The van der Waals surface area contributed by atoms with E-state index in [0.29, 0.717) is 30.4 Å². The zero-order valence-electron chi connectivity index (χ0n) is 13.2. The summed E-state index contributed by atoms with van der Waals surface area (Å²) in [7, 11) is 0. The Labute approximate surface area is 137 Å². The van der Waals surface area contributed by atoms with Gasteiger partial charge in [-0.25, -0.2) is 0 Å². The number of hydrogen-bond donors (Lipinski definition) is 0. The zero-order chi connectivity index (χ0) is 17.2. The van der Waals surface area contributed by atoms with Gasteiger partial charge in [0.1, 0.15) is 5.75 Å². The van der Waals surface area contributed by atoms with Crippen LogP contribution in [0.15, 0.2) is 28.8 Å². The van der Waals surface area contributed by atoms with Gasteiger partial charge in [-0.3, -0.25) is 4.90 Å². The number of likely N-dealkylation sites (tertiary alicyclic amines) is 1. The summed E-state index contributed by atoms with van der Waals surface area (Å²) in [4.78, 5) is 6.36. The Balaban J connectivity index is 1.70. The van der Waals surface area contributed by atoms with Gasteiger partial charge in [0.2, 0.25) is 5.89 Å². The minimum atomic E-state index is -4.69. The van der Waals surface area contributed by atoms with Gasteiger partial charge >= 0.3 is 6.36 Å². The quantitative estimate of drug-likeness (QED) is 0.849. The third-order valence-corrected chi connectivity index (χ3v) is 4.01. The number of aromatic nitrogens is 2. The second kappa shape index (κ2) is 6.80. The molecule has 0 radical (unpaired) electrons. The topological polar surface area (TPSA) is 51.4 Å². The maximum absolute atomic E-state index is 12.5. The van der Waals surface area contributed by atoms with E-state index in [1.807, 2.05) is 0 Å². The minimum Gasteiger partial charge on any atom is -0.405 e. The molecule has 130 valence electrons. The summed E-state index contributed by atoms with van der Waals surface area (Å²) >= 11 is 0. The van der Waals surface area contributed by atoms with Gasteiger partial charge in [-0.2, -0.15) is 4.98 Å². The highest BCUT2D eigenvalue weighted by Crippen LogP contribution is 2.30. The van der Waals surface area contributed by atoms with Crippen molar-refractivity contribution >= 4 is 0 Å². The largest absolute Gasteiger partial charge is 0.573 e. The van der Waals surface area contributed by atoms with E-state index in [-0.39, 0.29) is 11.7 Å². The van der Waals surface area contributed by atoms with E-state index in [9.17, 15) is 13.2 Å². The van der Waals surface area contributed by atoms with Gasteiger partial charge in [0.25, 0.3) is 0 Å². The van der Waals surface area contributed by atoms with Crippen molar-refractivity contribution in [2.24, 2.45) is 0 Å². The molecule has 1 aromatic heterocycles. The summed E-state index contributed by atoms with van der Waals surface area (Å²) < 4.78 is 46.7. The highest BCUT2D eigenvalue weighted by atomic mass is 19.4. The van der Waals surface area contributed by atoms with Crippen LogP contribution in [0.2, 0.25) is 0 Å². The Morgan fingerprint density at radius 1 is 1.33 bits per heavy atom. The van der Waals surface area contributed by atoms with Crippen molar-refractivity contribution in [1.29, 1.82) is 0 Å². The summed E-state index contributed by atoms with van der Waals surface area (Å²) in [5.74, 6) is 1.16. The molecule has 0 aliphatic carbocycles. The Morgan fingerprint density at radius 2 is 2.12 bits per heavy atom. The van der Waals surface area contributed by atoms with E-state index < -0.39 is 6.36 Å². The normalized spacial score (nSPS) is 19.4. The second-order valence-corrected chi connectivity index (χ2v) is 5.90. The molecular formula is C16H18F3N3O2. The Hall–Kier alpha value is -2.09. The summed E-state index contributed by atoms with van der Waals surface area (Å²) in [5, 5.41) is 3.96. The summed E-state index contributed by atoms with van der Waals surface area (Å²) in [6.45, 7) is 3.62. The van der Waals surface area contributed by atoms with Crippen LogP contribution in [0.1, 0.15) is 36.0 Å². The Morgan fingerprint density at radius 3 is 2.83 bits per heavy atom. The lowest BCUT2D eigenvalue weighted by molar-refractivity contribution is -0.275. The lowest BCUT2D eigenvalue weighted by Crippen LogP contribution is -2.34. The lowest BCUT2D eigenvalue weighted by Gasteiger charge is -2.31. The third-order valence-electron chi connectivity index (χ3n) is 4.01. The average molecular weight is 341 g/mol. The van der Waals surface area contributed by atoms with Gasteiger partial charge in [-0.15, -0.1) is 13.2 Å². The van der Waals surface area contributed by atoms with Crippen LogP contribution in [0.25, 0.3) is 0 Å². The Kier molecular flexibility index (Phi) is 4.75. The first-order chi connectivity index (χ1) is 11.4. The summed E-state index contributed by atoms with van der Waals surface area (Å²) in [5.41, 5.74) is 0.514. The van der Waals surface area contributed by atoms with E-state index in [0.717, 1.165) is 19.4 Å². The van der Waals surface area contributed by atoms with E-state index in [1.165, 1.54) is 12.1 Å². The van der Waals surface area contributed by atoms with Crippen LogP contribution in [-0.4, -0.2) is 34.5 Å². The smallest absolute Gasteiger partial charge is 0.405 e. The summed E-state index contributed by atoms with van der Waals surface area (Å²) in [6.07, 6.45) is -2.82. The molecule has 0 N–H and O–H groups in total. The fraction of sp³-hybridized carbons (Fsp3) is 0.500. The predicted octanol–water partition coefficient (Wildman–Crippen LogP) is 3.66. The first kappa shape index (κ1) is 16.8. The number of piperidine rings is 1. The van der Waals surface area contributed by atoms with Gasteiger partial charge in [0.05, 0.1) is 0 Å². The molecule has 1 saturated heterocycles. The maximum atomic E-state index is 12.5. The average Bonchev–Trinajstić information content (AvgIpc) is 2.95. The lowest BCUT2D eigenvalue weighted by atomic mass is 9.97. The molecule has 0 saturated carbocycles. The molecule has 1 fully saturated rings. The number of aryl methyl sites for hydroxylation is 1. The number of rotatable bonds is 4. The molecule has 0 amide bonds. The van der Waals surface area contributed by atoms with Crippen molar-refractivity contribution in [1.82, 2.24) is 15.0 Å². The van der Waals surface area contributed by atoms with Gasteiger partial charge in [-0.05, 0) is 25.5 Å². The van der Waals surface area contributed by atoms with Crippen LogP contribution < -0.4 is 4.74 Å². The molecule has 24 heavy (non-hydrogen) atoms. The van der Waals surface area contributed by atoms with Gasteiger partial charge in [0.15, 0.2) is 5.82 Å². The first-order valence-electron chi connectivity index (χ1n) is 7.77. The van der Waals surface area contributed by atoms with Crippen LogP contribution in [0.5, 0.6) is 5.75 Å². The number of ether oxygens (including phenoxy) is 1. The van der Waals surface area contributed by atoms with Crippen molar-refractivity contribution in [3.63, 3.8) is 0 Å². The number of para-hydroxylation sites is 1. The Bertz CT molecular complexity index is 687. The minimum absolute atomic E-state index is 0.131. The third kappa shape index (κ3) is 4.25. The molecule has 0 bridgehead atoms. The molecule has 1 aliphatic rings. The molecule has 2 heterocycles. The molecule has 1 aromatic carbocycles. The van der Waals surface area contributed by atoms with E-state index >= 15 is 0 Å². The first-order valence-corrected chi connectivity index (χ1v) is 7.77. The molecule has 8 heteroatoms. The molecule has 0 spiro atoms. The van der Waals surface area contributed by atoms with Gasteiger partial charge in [0, 0.05) is 31.5 Å². The molecule has 3 rings (SSSR count). The van der Waals surface area contributed by atoms with Crippen molar-refractivity contribution in [3.8, 4) is 5.75 Å². The number of nitrogens with zero attached hydrogens (tertiary/aromatic N) is 3. The number of hydrogen-bond acceptors (Lipinski definition) is 5. The molecule has 0 unspecified atom stereocenters. The molecule has 5 nitrogen and oxygen atoms in total. The second-order valence-electron chi connectivity index (χ2n) is 5.90. The monoisotopic (exact) mass is 341 g/mol. The molecule has 1 aliphatic heterocycles. The number of benzene rings is 1. The van der Waals surface area contributed by atoms with Crippen molar-refractivity contribution < 1.29 is 22.4 Å². The maximum Gasteiger partial charge on any atom is 0.573 e. The van der Waals surface area contributed by atoms with Gasteiger partial charge < -0.3 is 9.26 Å². The van der Waals surface area contributed by atoms with Crippen LogP contribution in [0.3, 0.4) is 0 Å². The SMILES string of the molecule is Cc1nc([C@H]2CCCN(Cc3ccccc3OC(F)(F)F)C2)no1. The molecular weight excluding hydrogens is 323 g/mol. The molecule has 1 atom stereocenters. The van der Waals surface area contributed by atoms with E-state index in [1.54, 1.807) is 19.1 Å². The summed E-state index contributed by atoms with van der Waals surface area (Å²) in [6, 6.07) is 6.24. The number of halogens is 3. The zero-order valence-corrected chi connectivity index (χ0v) is 13.2. The van der Waals surface area contributed by atoms with Crippen LogP contribution >= 0.6 is 0 Å².